The molecule has 0 spiro atoms. The summed E-state index contributed by atoms with van der Waals surface area (Å²) in [5, 5.41) is 0. The molecule has 2 aliphatic rings. The van der Waals surface area contributed by atoms with Gasteiger partial charge in [-0.25, -0.2) is 0 Å². The van der Waals surface area contributed by atoms with E-state index in [-0.39, 0.29) is 14.9 Å². The second-order valence-corrected chi connectivity index (χ2v) is 3.34. The van der Waals surface area contributed by atoms with Crippen LogP contribution in [0.3, 0.4) is 0 Å². The maximum atomic E-state index is 4.64. The molecular formula is C12H25ClTi. The maximum absolute atomic E-state index is 4.64. The SMILES string of the molecule is C1CCCC1.[CH-]1CCCC1.[CH3-].[CH3-].[Cl][Ti+3]. The molecule has 0 bridgehead atoms. The molecule has 0 nitrogen and oxygen atoms in total. The van der Waals surface area contributed by atoms with Gasteiger partial charge in [-0.1, -0.05) is 44.9 Å². The minimum atomic E-state index is 0. The molecule has 2 heteroatoms. The first kappa shape index (κ1) is 20.4. The standard InChI is InChI=1S/C5H10.C5H9.2CH3.ClH.Ti/c2*1-2-4-5-3-1;;;;/h1-5H2;1H,2-5H2;2*1H3;1H;/q;3*-1;;+4/p-1. The predicted octanol–water partition coefficient (Wildman–Crippen LogP) is 5.30. The third kappa shape index (κ3) is 15.5. The van der Waals surface area contributed by atoms with Gasteiger partial charge in [-0.3, -0.25) is 0 Å². The van der Waals surface area contributed by atoms with Crippen LogP contribution in [0.4, 0.5) is 0 Å². The minimum absolute atomic E-state index is 0. The van der Waals surface area contributed by atoms with E-state index < -0.39 is 0 Å². The Bertz CT molecular complexity index is 43.5. The zero-order chi connectivity index (χ0) is 9.07. The van der Waals surface area contributed by atoms with Gasteiger partial charge >= 0.3 is 28.7 Å². The van der Waals surface area contributed by atoms with E-state index in [1.807, 2.05) is 0 Å². The van der Waals surface area contributed by atoms with E-state index in [4.69, 9.17) is 0 Å². The summed E-state index contributed by atoms with van der Waals surface area (Å²) >= 11 is 1.47. The summed E-state index contributed by atoms with van der Waals surface area (Å²) in [6, 6.07) is 0. The first-order valence-electron chi connectivity index (χ1n) is 5.01. The van der Waals surface area contributed by atoms with Gasteiger partial charge in [0.25, 0.3) is 0 Å². The van der Waals surface area contributed by atoms with Gasteiger partial charge < -0.3 is 21.3 Å². The molecule has 2 rings (SSSR count). The molecular weight excluding hydrogens is 227 g/mol. The summed E-state index contributed by atoms with van der Waals surface area (Å²) in [4.78, 5) is 0. The second-order valence-electron chi connectivity index (χ2n) is 3.34. The third-order valence-corrected chi connectivity index (χ3v) is 2.32. The van der Waals surface area contributed by atoms with Crippen LogP contribution in [0, 0.1) is 21.3 Å². The van der Waals surface area contributed by atoms with Gasteiger partial charge in [0.05, 0.1) is 0 Å². The Kier molecular flexibility index (Phi) is 28.5. The number of hydrogen-bond donors (Lipinski definition) is 0. The van der Waals surface area contributed by atoms with Gasteiger partial charge in [0, 0.05) is 0 Å². The van der Waals surface area contributed by atoms with Crippen LogP contribution in [0.1, 0.15) is 57.8 Å². The first-order chi connectivity index (χ1) is 6.00. The van der Waals surface area contributed by atoms with Crippen molar-refractivity contribution in [2.75, 3.05) is 0 Å². The summed E-state index contributed by atoms with van der Waals surface area (Å²) in [5.74, 6) is 0. The molecule has 84 valence electrons. The van der Waals surface area contributed by atoms with Crippen molar-refractivity contribution in [3.05, 3.63) is 21.3 Å². The Labute approximate surface area is 107 Å². The molecule has 0 aromatic heterocycles. The van der Waals surface area contributed by atoms with Crippen molar-refractivity contribution in [3.63, 3.8) is 0 Å². The van der Waals surface area contributed by atoms with Crippen LogP contribution in [-0.2, 0) is 19.4 Å². The van der Waals surface area contributed by atoms with Gasteiger partial charge in [-0.15, -0.1) is 0 Å². The van der Waals surface area contributed by atoms with Crippen molar-refractivity contribution in [1.82, 2.24) is 0 Å². The van der Waals surface area contributed by atoms with Gasteiger partial charge in [-0.05, 0) is 0 Å². The Morgan fingerprint density at radius 1 is 0.643 bits per heavy atom. The Balaban J connectivity index is -0.000000131. The number of halogens is 1. The van der Waals surface area contributed by atoms with E-state index in [0.717, 1.165) is 0 Å². The Morgan fingerprint density at radius 3 is 1.07 bits per heavy atom. The van der Waals surface area contributed by atoms with E-state index in [2.05, 4.69) is 15.7 Å². The van der Waals surface area contributed by atoms with Crippen molar-refractivity contribution >= 4 is 9.30 Å². The van der Waals surface area contributed by atoms with E-state index in [0.29, 0.717) is 0 Å². The van der Waals surface area contributed by atoms with Crippen LogP contribution in [0.15, 0.2) is 0 Å². The molecule has 0 saturated heterocycles. The molecule has 0 aliphatic heterocycles. The second kappa shape index (κ2) is 19.6. The van der Waals surface area contributed by atoms with Crippen LogP contribution in [0.2, 0.25) is 0 Å². The summed E-state index contributed by atoms with van der Waals surface area (Å²) in [6.07, 6.45) is 15.5. The fourth-order valence-corrected chi connectivity index (χ4v) is 1.61. The molecule has 0 heterocycles. The van der Waals surface area contributed by atoms with Crippen molar-refractivity contribution in [2.45, 2.75) is 57.8 Å². The van der Waals surface area contributed by atoms with Gasteiger partial charge in [0.15, 0.2) is 0 Å². The molecule has 2 fully saturated rings. The molecule has 14 heavy (non-hydrogen) atoms. The van der Waals surface area contributed by atoms with Crippen molar-refractivity contribution in [2.24, 2.45) is 0 Å². The van der Waals surface area contributed by atoms with Gasteiger partial charge in [0.2, 0.25) is 0 Å². The quantitative estimate of drug-likeness (QED) is 0.405. The normalized spacial score (nSPS) is 17.6. The van der Waals surface area contributed by atoms with Crippen LogP contribution >= 0.6 is 9.30 Å². The van der Waals surface area contributed by atoms with Crippen LogP contribution in [0.25, 0.3) is 0 Å². The fourth-order valence-electron chi connectivity index (χ4n) is 1.61. The summed E-state index contributed by atoms with van der Waals surface area (Å²) in [5.41, 5.74) is 0. The van der Waals surface area contributed by atoms with E-state index in [9.17, 15) is 0 Å². The van der Waals surface area contributed by atoms with Crippen LogP contribution < -0.4 is 0 Å². The van der Waals surface area contributed by atoms with Gasteiger partial charge in [0.1, 0.15) is 0 Å². The van der Waals surface area contributed by atoms with Crippen LogP contribution in [-0.4, -0.2) is 0 Å². The van der Waals surface area contributed by atoms with Crippen molar-refractivity contribution in [1.29, 1.82) is 0 Å². The molecule has 0 radical (unpaired) electrons. The number of rotatable bonds is 0. The fraction of sp³-hybridized carbons (Fsp3) is 0.750. The van der Waals surface area contributed by atoms with Crippen molar-refractivity contribution < 1.29 is 19.4 Å². The molecule has 2 saturated carbocycles. The van der Waals surface area contributed by atoms with Crippen LogP contribution in [0.5, 0.6) is 0 Å². The summed E-state index contributed by atoms with van der Waals surface area (Å²) in [6.45, 7) is 0. The molecule has 0 N–H and O–H groups in total. The zero-order valence-corrected chi connectivity index (χ0v) is 12.1. The first-order valence-corrected chi connectivity index (χ1v) is 7.15. The number of hydrogen-bond acceptors (Lipinski definition) is 0. The van der Waals surface area contributed by atoms with Gasteiger partial charge in [-0.2, -0.15) is 12.8 Å². The summed E-state index contributed by atoms with van der Waals surface area (Å²) in [7, 11) is 4.64. The molecule has 0 aromatic carbocycles. The topological polar surface area (TPSA) is 0 Å². The Morgan fingerprint density at radius 2 is 0.929 bits per heavy atom. The Hall–Kier alpha value is 1.00. The monoisotopic (exact) mass is 252 g/mol. The average Bonchev–Trinajstić information content (AvgIpc) is 2.87. The predicted molar refractivity (Wildman–Crippen MR) is 64.5 cm³/mol. The summed E-state index contributed by atoms with van der Waals surface area (Å²) < 4.78 is 0. The third-order valence-electron chi connectivity index (χ3n) is 2.32. The van der Waals surface area contributed by atoms with E-state index in [1.165, 1.54) is 77.2 Å². The zero-order valence-electron chi connectivity index (χ0n) is 9.82. The molecule has 0 atom stereocenters. The average molecular weight is 253 g/mol. The van der Waals surface area contributed by atoms with E-state index in [1.54, 1.807) is 0 Å². The molecule has 0 unspecified atom stereocenters. The van der Waals surface area contributed by atoms with E-state index >= 15 is 0 Å². The molecule has 0 amide bonds. The molecule has 2 aliphatic carbocycles. The van der Waals surface area contributed by atoms with Crippen molar-refractivity contribution in [3.8, 4) is 0 Å². The molecule has 0 aromatic rings.